The normalized spacial score (nSPS) is 14.4. The van der Waals surface area contributed by atoms with E-state index in [9.17, 15) is 19.3 Å². The molecule has 0 heterocycles. The number of hydrogen-bond donors (Lipinski definition) is 3. The van der Waals surface area contributed by atoms with E-state index < -0.39 is 32.5 Å². The Hall–Kier alpha value is -2.03. The number of carbonyl (C=O) groups is 2. The Kier molecular flexibility index (Phi) is 30.8. The Balaban J connectivity index is 4.11. The number of esters is 2. The third-order valence-electron chi connectivity index (χ3n) is 7.91. The van der Waals surface area contributed by atoms with Gasteiger partial charge in [0.2, 0.25) is 0 Å². The molecule has 0 bridgehead atoms. The molecule has 0 aliphatic rings. The first-order chi connectivity index (χ1) is 23.0. The van der Waals surface area contributed by atoms with Gasteiger partial charge in [0.15, 0.2) is 6.10 Å². The van der Waals surface area contributed by atoms with Crippen molar-refractivity contribution in [3.63, 3.8) is 0 Å². The molecule has 0 aromatic heterocycles. The highest BCUT2D eigenvalue weighted by Crippen LogP contribution is 2.36. The zero-order valence-corrected chi connectivity index (χ0v) is 31.0. The number of allylic oxidation sites excluding steroid dienone is 8. The Bertz CT molecular complexity index is 952. The number of rotatable bonds is 32. The van der Waals surface area contributed by atoms with E-state index in [0.717, 1.165) is 63.7 Å². The fourth-order valence-electron chi connectivity index (χ4n) is 4.77. The van der Waals surface area contributed by atoms with Crippen molar-refractivity contribution in [3.05, 3.63) is 48.6 Å². The van der Waals surface area contributed by atoms with Gasteiger partial charge in [-0.2, -0.15) is 0 Å². The lowest BCUT2D eigenvalue weighted by molar-refractivity contribution is -0.161. The van der Waals surface area contributed by atoms with Gasteiger partial charge in [0.1, 0.15) is 6.61 Å². The lowest BCUT2D eigenvalue weighted by atomic mass is 9.99. The van der Waals surface area contributed by atoms with Crippen molar-refractivity contribution >= 4 is 19.8 Å². The highest BCUT2D eigenvalue weighted by atomic mass is 31.2. The number of aliphatic hydroxyl groups is 1. The maximum absolute atomic E-state index is 12.3. The van der Waals surface area contributed by atoms with Crippen LogP contribution in [-0.4, -0.2) is 52.3 Å². The van der Waals surface area contributed by atoms with Crippen molar-refractivity contribution in [2.24, 2.45) is 5.92 Å². The molecule has 0 spiro atoms. The molecule has 278 valence electrons. The first-order valence-electron chi connectivity index (χ1n) is 18.4. The molecule has 0 aliphatic carbocycles. The second kappa shape index (κ2) is 32.2. The van der Waals surface area contributed by atoms with Crippen LogP contribution in [0.4, 0.5) is 0 Å². The molecule has 0 saturated heterocycles. The third kappa shape index (κ3) is 35.3. The van der Waals surface area contributed by atoms with E-state index in [4.69, 9.17) is 19.3 Å². The molecule has 0 rings (SSSR count). The average Bonchev–Trinajstić information content (AvgIpc) is 3.03. The van der Waals surface area contributed by atoms with Gasteiger partial charge in [0.25, 0.3) is 0 Å². The maximum atomic E-state index is 12.3. The molecule has 1 unspecified atom stereocenters. The van der Waals surface area contributed by atoms with Gasteiger partial charge in [0.05, 0.1) is 12.7 Å². The van der Waals surface area contributed by atoms with Crippen LogP contribution in [0.3, 0.4) is 0 Å². The van der Waals surface area contributed by atoms with Gasteiger partial charge in [0, 0.05) is 12.8 Å². The fraction of sp³-hybridized carbons (Fsp3) is 0.737. The van der Waals surface area contributed by atoms with Crippen LogP contribution >= 0.6 is 7.82 Å². The quantitative estimate of drug-likeness (QED) is 0.0271. The van der Waals surface area contributed by atoms with Crippen molar-refractivity contribution in [2.45, 2.75) is 161 Å². The fourth-order valence-corrected chi connectivity index (χ4v) is 5.13. The molecule has 9 nitrogen and oxygen atoms in total. The van der Waals surface area contributed by atoms with Gasteiger partial charge < -0.3 is 24.4 Å². The molecule has 0 aromatic rings. The molecule has 3 N–H and O–H groups in total. The number of aliphatic hydroxyl groups excluding tert-OH is 1. The summed E-state index contributed by atoms with van der Waals surface area (Å²) in [7, 11) is -4.77. The smallest absolute Gasteiger partial charge is 0.462 e. The predicted molar refractivity (Wildman–Crippen MR) is 194 cm³/mol. The lowest BCUT2D eigenvalue weighted by Crippen LogP contribution is -2.29. The highest BCUT2D eigenvalue weighted by molar-refractivity contribution is 7.46. The zero-order valence-electron chi connectivity index (χ0n) is 30.1. The van der Waals surface area contributed by atoms with Crippen LogP contribution in [0, 0.1) is 5.92 Å². The number of ether oxygens (including phenoxy) is 2. The van der Waals surface area contributed by atoms with Crippen molar-refractivity contribution < 1.29 is 43.0 Å². The summed E-state index contributed by atoms with van der Waals surface area (Å²) in [5.74, 6) is -0.154. The highest BCUT2D eigenvalue weighted by Gasteiger charge is 2.22. The summed E-state index contributed by atoms with van der Waals surface area (Å²) in [6.07, 6.45) is 34.0. The summed E-state index contributed by atoms with van der Waals surface area (Å²) in [6.45, 7) is 5.48. The van der Waals surface area contributed by atoms with Gasteiger partial charge in [-0.05, 0) is 70.6 Å². The topological polar surface area (TPSA) is 140 Å². The standard InChI is InChI=1S/C38H67O9P/c1-4-34(2)28-24-20-16-14-15-18-22-26-30-37(40)45-32-36(33-46-48(42,43)44)47-38(41)31-27-23-19-13-11-9-7-5-6-8-10-12-17-21-25-29-35(3)39/h6-9,12-13,17,19,34-36,39H,4-5,10-11,14-16,18,20-33H2,1-3H3,(H2,42,43,44)/b8-6-,9-7-,17-12-,19-13-/t34?,35-,36+/m0/s1. The molecule has 0 radical (unpaired) electrons. The van der Waals surface area contributed by atoms with E-state index in [1.54, 1.807) is 0 Å². The number of hydrogen-bond acceptors (Lipinski definition) is 7. The summed E-state index contributed by atoms with van der Waals surface area (Å²) < 4.78 is 26.2. The molecule has 0 aromatic carbocycles. The summed E-state index contributed by atoms with van der Waals surface area (Å²) in [5.41, 5.74) is 0. The maximum Gasteiger partial charge on any atom is 0.469 e. The van der Waals surface area contributed by atoms with Crippen molar-refractivity contribution in [1.82, 2.24) is 0 Å². The van der Waals surface area contributed by atoms with E-state index in [-0.39, 0.29) is 25.6 Å². The van der Waals surface area contributed by atoms with Gasteiger partial charge in [-0.1, -0.05) is 120 Å². The van der Waals surface area contributed by atoms with E-state index in [1.807, 2.05) is 19.1 Å². The minimum atomic E-state index is -4.77. The molecule has 0 fully saturated rings. The molecule has 48 heavy (non-hydrogen) atoms. The van der Waals surface area contributed by atoms with E-state index in [0.29, 0.717) is 19.3 Å². The first kappa shape index (κ1) is 46.0. The molecular weight excluding hydrogens is 631 g/mol. The Labute approximate surface area is 291 Å². The number of carbonyl (C=O) groups excluding carboxylic acids is 2. The third-order valence-corrected chi connectivity index (χ3v) is 8.39. The summed E-state index contributed by atoms with van der Waals surface area (Å²) in [5, 5.41) is 9.24. The number of phosphoric ester groups is 1. The number of phosphoric acid groups is 1. The van der Waals surface area contributed by atoms with Crippen molar-refractivity contribution in [1.29, 1.82) is 0 Å². The largest absolute Gasteiger partial charge is 0.469 e. The summed E-state index contributed by atoms with van der Waals surface area (Å²) in [4.78, 5) is 42.6. The summed E-state index contributed by atoms with van der Waals surface area (Å²) in [6, 6.07) is 0. The molecule has 0 aliphatic heterocycles. The molecular formula is C38H67O9P. The van der Waals surface area contributed by atoms with Crippen LogP contribution in [0.2, 0.25) is 0 Å². The Morgan fingerprint density at radius 1 is 0.646 bits per heavy atom. The monoisotopic (exact) mass is 698 g/mol. The predicted octanol–water partition coefficient (Wildman–Crippen LogP) is 9.61. The molecule has 10 heteroatoms. The van der Waals surface area contributed by atoms with Gasteiger partial charge >= 0.3 is 19.8 Å². The van der Waals surface area contributed by atoms with Crippen molar-refractivity contribution in [3.8, 4) is 0 Å². The molecule has 0 amide bonds. The van der Waals surface area contributed by atoms with Crippen LogP contribution in [0.25, 0.3) is 0 Å². The van der Waals surface area contributed by atoms with Crippen LogP contribution < -0.4 is 0 Å². The van der Waals surface area contributed by atoms with Crippen LogP contribution in [0.5, 0.6) is 0 Å². The first-order valence-corrected chi connectivity index (χ1v) is 19.9. The van der Waals surface area contributed by atoms with Crippen LogP contribution in [0.15, 0.2) is 48.6 Å². The average molecular weight is 699 g/mol. The minimum absolute atomic E-state index is 0.123. The van der Waals surface area contributed by atoms with Gasteiger partial charge in [-0.3, -0.25) is 14.1 Å². The van der Waals surface area contributed by atoms with Gasteiger partial charge in [-0.25, -0.2) is 4.57 Å². The van der Waals surface area contributed by atoms with Crippen LogP contribution in [0.1, 0.15) is 149 Å². The van der Waals surface area contributed by atoms with E-state index in [1.165, 1.54) is 38.5 Å². The lowest BCUT2D eigenvalue weighted by Gasteiger charge is -2.18. The summed E-state index contributed by atoms with van der Waals surface area (Å²) >= 11 is 0. The Morgan fingerprint density at radius 3 is 1.69 bits per heavy atom. The molecule has 3 atom stereocenters. The van der Waals surface area contributed by atoms with Gasteiger partial charge in [-0.15, -0.1) is 0 Å². The Morgan fingerprint density at radius 2 is 1.15 bits per heavy atom. The molecule has 0 saturated carbocycles. The SMILES string of the molecule is CCC(C)CCCCCCCCCCC(=O)OC[C@H](COP(=O)(O)O)OC(=O)CCC/C=C\C/C=C\C/C=C\C/C=C\CCC[C@H](C)O. The second-order valence-corrected chi connectivity index (χ2v) is 14.0. The minimum Gasteiger partial charge on any atom is -0.462 e. The van der Waals surface area contributed by atoms with Crippen molar-refractivity contribution in [2.75, 3.05) is 13.2 Å². The van der Waals surface area contributed by atoms with Crippen LogP contribution in [-0.2, 0) is 28.2 Å². The number of unbranched alkanes of at least 4 members (excludes halogenated alkanes) is 9. The van der Waals surface area contributed by atoms with E-state index >= 15 is 0 Å². The van der Waals surface area contributed by atoms with E-state index in [2.05, 4.69) is 54.8 Å². The second-order valence-electron chi connectivity index (χ2n) is 12.7. The zero-order chi connectivity index (χ0) is 35.7.